The van der Waals surface area contributed by atoms with E-state index in [2.05, 4.69) is 37.3 Å². The summed E-state index contributed by atoms with van der Waals surface area (Å²) in [7, 11) is 1.94. The van der Waals surface area contributed by atoms with E-state index in [-0.39, 0.29) is 17.8 Å². The lowest BCUT2D eigenvalue weighted by atomic mass is 9.92. The van der Waals surface area contributed by atoms with Gasteiger partial charge in [0.2, 0.25) is 0 Å². The highest BCUT2D eigenvalue weighted by molar-refractivity contribution is 6.01. The summed E-state index contributed by atoms with van der Waals surface area (Å²) in [6.07, 6.45) is 3.61. The number of hydrogen-bond acceptors (Lipinski definition) is 3. The Bertz CT molecular complexity index is 1710. The normalized spacial score (nSPS) is 20.5. The average molecular weight is 552 g/mol. The highest BCUT2D eigenvalue weighted by atomic mass is 19.1. The van der Waals surface area contributed by atoms with Crippen molar-refractivity contribution in [3.05, 3.63) is 88.7 Å². The Kier molecular flexibility index (Phi) is 6.14. The fraction of sp³-hybridized carbons (Fsp3) is 0.353. The maximum Gasteiger partial charge on any atom is 0.308 e. The minimum atomic E-state index is -0.802. The van der Waals surface area contributed by atoms with Crippen molar-refractivity contribution < 1.29 is 19.1 Å². The van der Waals surface area contributed by atoms with Gasteiger partial charge in [-0.05, 0) is 91.6 Å². The summed E-state index contributed by atoms with van der Waals surface area (Å²) in [5.41, 5.74) is 7.29. The van der Waals surface area contributed by atoms with E-state index < -0.39 is 11.9 Å². The SMILES string of the molecule is C[C@@H]1c2ccccc2CCN1C(=O)c1cc(C2CC2)c2cc(-c3ccc(N4CCC(C(=O)O)C4)cc3F)n(C)c2c1. The topological polar surface area (TPSA) is 65.8 Å². The van der Waals surface area contributed by atoms with E-state index in [9.17, 15) is 14.7 Å². The van der Waals surface area contributed by atoms with Crippen LogP contribution in [0.15, 0.2) is 60.7 Å². The number of fused-ring (bicyclic) bond motifs is 2. The molecule has 3 aromatic carbocycles. The van der Waals surface area contributed by atoms with Gasteiger partial charge >= 0.3 is 5.97 Å². The van der Waals surface area contributed by atoms with Crippen molar-refractivity contribution in [2.75, 3.05) is 24.5 Å². The largest absolute Gasteiger partial charge is 0.481 e. The number of rotatable bonds is 5. The van der Waals surface area contributed by atoms with Crippen LogP contribution in [0, 0.1) is 11.7 Å². The zero-order valence-electron chi connectivity index (χ0n) is 23.4. The molecular formula is C34H34FN3O3. The first kappa shape index (κ1) is 25.8. The molecule has 2 fully saturated rings. The third kappa shape index (κ3) is 4.39. The van der Waals surface area contributed by atoms with Gasteiger partial charge < -0.3 is 19.5 Å². The summed E-state index contributed by atoms with van der Waals surface area (Å²) < 4.78 is 17.6. The molecule has 41 heavy (non-hydrogen) atoms. The van der Waals surface area contributed by atoms with Gasteiger partial charge in [-0.3, -0.25) is 9.59 Å². The molecule has 0 spiro atoms. The fourth-order valence-corrected chi connectivity index (χ4v) is 6.89. The molecule has 0 bridgehead atoms. The van der Waals surface area contributed by atoms with Gasteiger partial charge in [0.1, 0.15) is 5.82 Å². The number of aromatic nitrogens is 1. The zero-order chi connectivity index (χ0) is 28.4. The second kappa shape index (κ2) is 9.75. The van der Waals surface area contributed by atoms with Gasteiger partial charge in [0.25, 0.3) is 5.91 Å². The molecule has 1 saturated carbocycles. The van der Waals surface area contributed by atoms with Gasteiger partial charge in [0.15, 0.2) is 0 Å². The molecule has 2 aliphatic heterocycles. The molecule has 210 valence electrons. The summed E-state index contributed by atoms with van der Waals surface area (Å²) in [5, 5.41) is 10.4. The van der Waals surface area contributed by atoms with Crippen LogP contribution in [-0.2, 0) is 18.3 Å². The van der Waals surface area contributed by atoms with Crippen LogP contribution >= 0.6 is 0 Å². The highest BCUT2D eigenvalue weighted by Crippen LogP contribution is 2.45. The first-order valence-corrected chi connectivity index (χ1v) is 14.6. The molecule has 1 saturated heterocycles. The number of carbonyl (C=O) groups is 2. The molecule has 0 radical (unpaired) electrons. The maximum atomic E-state index is 15.6. The van der Waals surface area contributed by atoms with Gasteiger partial charge in [-0.1, -0.05) is 24.3 Å². The van der Waals surface area contributed by atoms with E-state index in [1.165, 1.54) is 22.8 Å². The van der Waals surface area contributed by atoms with Crippen molar-refractivity contribution in [1.82, 2.24) is 9.47 Å². The number of aryl methyl sites for hydroxylation is 1. The monoisotopic (exact) mass is 551 g/mol. The van der Waals surface area contributed by atoms with Crippen LogP contribution in [0.3, 0.4) is 0 Å². The summed E-state index contributed by atoms with van der Waals surface area (Å²) in [6, 6.07) is 19.7. The number of carboxylic acids is 1. The van der Waals surface area contributed by atoms with Gasteiger partial charge in [-0.25, -0.2) is 4.39 Å². The van der Waals surface area contributed by atoms with E-state index in [4.69, 9.17) is 0 Å². The molecule has 1 aliphatic carbocycles. The molecule has 2 atom stereocenters. The lowest BCUT2D eigenvalue weighted by molar-refractivity contribution is -0.140. The molecule has 7 rings (SSSR count). The zero-order valence-corrected chi connectivity index (χ0v) is 23.4. The molecule has 1 amide bonds. The number of halogens is 1. The highest BCUT2D eigenvalue weighted by Gasteiger charge is 2.32. The first-order valence-electron chi connectivity index (χ1n) is 14.6. The number of anilines is 1. The molecule has 3 aliphatic rings. The van der Waals surface area contributed by atoms with E-state index >= 15 is 4.39 Å². The second-order valence-electron chi connectivity index (χ2n) is 11.9. The van der Waals surface area contributed by atoms with E-state index in [1.54, 1.807) is 6.07 Å². The minimum Gasteiger partial charge on any atom is -0.481 e. The van der Waals surface area contributed by atoms with Crippen molar-refractivity contribution >= 4 is 28.5 Å². The van der Waals surface area contributed by atoms with Crippen LogP contribution in [0.25, 0.3) is 22.2 Å². The molecule has 1 unspecified atom stereocenters. The lowest BCUT2D eigenvalue weighted by Gasteiger charge is -2.35. The number of amides is 1. The van der Waals surface area contributed by atoms with Crippen LogP contribution in [0.2, 0.25) is 0 Å². The van der Waals surface area contributed by atoms with Gasteiger partial charge in [-0.2, -0.15) is 0 Å². The predicted octanol–water partition coefficient (Wildman–Crippen LogP) is 6.53. The Labute approximate surface area is 239 Å². The molecular weight excluding hydrogens is 517 g/mol. The number of nitrogens with zero attached hydrogens (tertiary/aromatic N) is 3. The number of carbonyl (C=O) groups excluding carboxylic acids is 1. The van der Waals surface area contributed by atoms with E-state index in [0.29, 0.717) is 48.8 Å². The van der Waals surface area contributed by atoms with Crippen molar-refractivity contribution in [3.63, 3.8) is 0 Å². The smallest absolute Gasteiger partial charge is 0.308 e. The number of hydrogen-bond donors (Lipinski definition) is 1. The Hall–Kier alpha value is -4.13. The molecule has 7 heteroatoms. The third-order valence-corrected chi connectivity index (χ3v) is 9.44. The van der Waals surface area contributed by atoms with Crippen LogP contribution < -0.4 is 4.90 Å². The second-order valence-corrected chi connectivity index (χ2v) is 11.9. The molecule has 3 heterocycles. The maximum absolute atomic E-state index is 15.6. The lowest BCUT2D eigenvalue weighted by Crippen LogP contribution is -2.38. The first-order chi connectivity index (χ1) is 19.8. The van der Waals surface area contributed by atoms with Gasteiger partial charge in [0, 0.05) is 54.4 Å². The summed E-state index contributed by atoms with van der Waals surface area (Å²) in [6.45, 7) is 3.79. The number of aliphatic carboxylic acids is 1. The standard InChI is InChI=1S/C34H34FN3O3/c1-20-26-6-4-3-5-21(26)12-14-38(20)33(39)24-15-28(22-7-8-22)29-18-32(36(2)31(29)16-24)27-10-9-25(17-30(27)35)37-13-11-23(19-37)34(40)41/h3-6,9-10,15-18,20,22-23H,7-8,11-14,19H2,1-2H3,(H,40,41)/t20-,23?/m1/s1. The van der Waals surface area contributed by atoms with Crippen LogP contribution in [-0.4, -0.2) is 46.1 Å². The summed E-state index contributed by atoms with van der Waals surface area (Å²) in [4.78, 5) is 29.2. The molecule has 1 N–H and O–H groups in total. The van der Waals surface area contributed by atoms with Crippen molar-refractivity contribution in [2.45, 2.75) is 44.6 Å². The Balaban J connectivity index is 1.24. The molecule has 1 aromatic heterocycles. The summed E-state index contributed by atoms with van der Waals surface area (Å²) in [5.74, 6) is -1.10. The van der Waals surface area contributed by atoms with Crippen LogP contribution in [0.4, 0.5) is 10.1 Å². The Morgan fingerprint density at radius 2 is 1.76 bits per heavy atom. The van der Waals surface area contributed by atoms with Crippen molar-refractivity contribution in [1.29, 1.82) is 0 Å². The van der Waals surface area contributed by atoms with Crippen LogP contribution in [0.1, 0.15) is 65.2 Å². The van der Waals surface area contributed by atoms with Gasteiger partial charge in [-0.15, -0.1) is 0 Å². The number of carboxylic acid groups (broad SMARTS) is 1. The van der Waals surface area contributed by atoms with Crippen LogP contribution in [0.5, 0.6) is 0 Å². The number of benzene rings is 3. The Morgan fingerprint density at radius 3 is 2.49 bits per heavy atom. The average Bonchev–Trinajstić information content (AvgIpc) is 3.60. The van der Waals surface area contributed by atoms with Gasteiger partial charge in [0.05, 0.1) is 17.7 Å². The fourth-order valence-electron chi connectivity index (χ4n) is 6.89. The summed E-state index contributed by atoms with van der Waals surface area (Å²) >= 11 is 0. The van der Waals surface area contributed by atoms with E-state index in [1.807, 2.05) is 39.6 Å². The van der Waals surface area contributed by atoms with Crippen molar-refractivity contribution in [3.8, 4) is 11.3 Å². The molecule has 4 aromatic rings. The molecule has 6 nitrogen and oxygen atoms in total. The predicted molar refractivity (Wildman–Crippen MR) is 158 cm³/mol. The quantitative estimate of drug-likeness (QED) is 0.306. The minimum absolute atomic E-state index is 0.00508. The van der Waals surface area contributed by atoms with E-state index in [0.717, 1.165) is 35.9 Å². The third-order valence-electron chi connectivity index (χ3n) is 9.44. The Morgan fingerprint density at radius 1 is 0.951 bits per heavy atom. The van der Waals surface area contributed by atoms with Crippen molar-refractivity contribution in [2.24, 2.45) is 13.0 Å².